The minimum atomic E-state index is -0.287. The van der Waals surface area contributed by atoms with Crippen LogP contribution in [0.5, 0.6) is 0 Å². The first-order valence-electron chi connectivity index (χ1n) is 9.97. The lowest BCUT2D eigenvalue weighted by Gasteiger charge is -2.62. The number of hydrogen-bond donors (Lipinski definition) is 2. The van der Waals surface area contributed by atoms with Crippen molar-refractivity contribution in [3.63, 3.8) is 0 Å². The summed E-state index contributed by atoms with van der Waals surface area (Å²) in [6.07, 6.45) is 12.0. The molecule has 4 fully saturated rings. The normalized spacial score (nSPS) is 32.0. The Morgan fingerprint density at radius 1 is 0.966 bits per heavy atom. The predicted molar refractivity (Wildman–Crippen MR) is 109 cm³/mol. The van der Waals surface area contributed by atoms with Gasteiger partial charge in [-0.3, -0.25) is 14.6 Å². The molecule has 6 rings (SSSR count). The van der Waals surface area contributed by atoms with Crippen molar-refractivity contribution in [2.75, 3.05) is 0 Å². The smallest absolute Gasteiger partial charge is 0.271 e. The van der Waals surface area contributed by atoms with E-state index >= 15 is 0 Å². The molecule has 2 N–H and O–H groups in total. The minimum Gasteiger partial charge on any atom is -0.346 e. The first kappa shape index (κ1) is 18.7. The minimum absolute atomic E-state index is 0.0783. The highest BCUT2D eigenvalue weighted by Gasteiger charge is 2.58. The molecule has 2 aromatic rings. The zero-order valence-corrected chi connectivity index (χ0v) is 17.5. The number of amides is 2. The second-order valence-corrected chi connectivity index (χ2v) is 9.70. The van der Waals surface area contributed by atoms with Gasteiger partial charge in [0.1, 0.15) is 10.3 Å². The van der Waals surface area contributed by atoms with Gasteiger partial charge in [0.05, 0.1) is 6.20 Å². The van der Waals surface area contributed by atoms with E-state index in [2.05, 4.69) is 41.5 Å². The summed E-state index contributed by atoms with van der Waals surface area (Å²) in [5.74, 6) is 0.774. The fraction of sp³-hybridized carbons (Fsp3) is 0.476. The van der Waals surface area contributed by atoms with E-state index in [-0.39, 0.29) is 22.9 Å². The highest BCUT2D eigenvalue weighted by Crippen LogP contribution is 2.57. The Bertz CT molecular complexity index is 953. The van der Waals surface area contributed by atoms with E-state index in [1.807, 2.05) is 0 Å². The molecule has 4 bridgehead atoms. The summed E-state index contributed by atoms with van der Waals surface area (Å²) in [6.45, 7) is 0. The number of pyridine rings is 1. The largest absolute Gasteiger partial charge is 0.346 e. The number of carbonyl (C=O) groups excluding carboxylic acids is 2. The van der Waals surface area contributed by atoms with Crippen LogP contribution in [0.2, 0.25) is 0 Å². The van der Waals surface area contributed by atoms with Crippen LogP contribution in [-0.4, -0.2) is 37.8 Å². The van der Waals surface area contributed by atoms with Crippen LogP contribution < -0.4 is 10.6 Å². The third-order valence-corrected chi connectivity index (χ3v) is 7.04. The summed E-state index contributed by atoms with van der Waals surface area (Å²) in [5.41, 5.74) is 0.375. The van der Waals surface area contributed by atoms with E-state index in [9.17, 15) is 9.59 Å². The lowest BCUT2D eigenvalue weighted by molar-refractivity contribution is -0.0448. The van der Waals surface area contributed by atoms with Crippen molar-refractivity contribution in [2.45, 2.75) is 49.6 Å². The molecular formula is C21H22BrN5O2. The molecule has 0 aliphatic heterocycles. The summed E-state index contributed by atoms with van der Waals surface area (Å²) in [6, 6.07) is 3.47. The molecule has 2 unspecified atom stereocenters. The van der Waals surface area contributed by atoms with Gasteiger partial charge in [0.2, 0.25) is 0 Å². The Balaban J connectivity index is 1.38. The molecule has 29 heavy (non-hydrogen) atoms. The van der Waals surface area contributed by atoms with Crippen molar-refractivity contribution < 1.29 is 9.59 Å². The maximum Gasteiger partial charge on any atom is 0.271 e. The molecule has 2 amide bonds. The fourth-order valence-electron chi connectivity index (χ4n) is 6.13. The number of nitrogens with one attached hydrogen (secondary N) is 2. The van der Waals surface area contributed by atoms with Gasteiger partial charge < -0.3 is 10.6 Å². The summed E-state index contributed by atoms with van der Waals surface area (Å²) >= 11 is 3.33. The van der Waals surface area contributed by atoms with E-state index in [1.165, 1.54) is 18.8 Å². The van der Waals surface area contributed by atoms with Crippen LogP contribution in [0.4, 0.5) is 0 Å². The van der Waals surface area contributed by atoms with Crippen LogP contribution in [0.3, 0.4) is 0 Å². The van der Waals surface area contributed by atoms with Gasteiger partial charge >= 0.3 is 0 Å². The second kappa shape index (κ2) is 6.86. The maximum absolute atomic E-state index is 13.0. The second-order valence-electron chi connectivity index (χ2n) is 8.89. The van der Waals surface area contributed by atoms with Gasteiger partial charge in [0.15, 0.2) is 0 Å². The van der Waals surface area contributed by atoms with Gasteiger partial charge in [0.25, 0.3) is 11.8 Å². The van der Waals surface area contributed by atoms with Crippen molar-refractivity contribution in [2.24, 2.45) is 11.8 Å². The Labute approximate surface area is 177 Å². The van der Waals surface area contributed by atoms with E-state index in [0.717, 1.165) is 32.1 Å². The number of halogens is 1. The number of hydrogen-bond acceptors (Lipinski definition) is 5. The third kappa shape index (κ3) is 3.54. The van der Waals surface area contributed by atoms with E-state index in [0.29, 0.717) is 27.7 Å². The number of rotatable bonds is 4. The van der Waals surface area contributed by atoms with Crippen LogP contribution in [0.15, 0.2) is 41.5 Å². The number of aromatic nitrogens is 3. The summed E-state index contributed by atoms with van der Waals surface area (Å²) in [7, 11) is 0. The van der Waals surface area contributed by atoms with E-state index in [1.54, 1.807) is 24.5 Å². The van der Waals surface area contributed by atoms with Crippen molar-refractivity contribution in [3.05, 3.63) is 52.8 Å². The average molecular weight is 456 g/mol. The quantitative estimate of drug-likeness (QED) is 0.690. The Hall–Kier alpha value is -2.35. The summed E-state index contributed by atoms with van der Waals surface area (Å²) < 4.78 is 0.642. The lowest BCUT2D eigenvalue weighted by Crippen LogP contribution is -2.69. The van der Waals surface area contributed by atoms with Crippen LogP contribution in [0, 0.1) is 11.8 Å². The maximum atomic E-state index is 13.0. The highest BCUT2D eigenvalue weighted by atomic mass is 79.9. The van der Waals surface area contributed by atoms with Gasteiger partial charge in [-0.05, 0) is 78.4 Å². The molecule has 4 aliphatic carbocycles. The molecule has 2 aromatic heterocycles. The van der Waals surface area contributed by atoms with Crippen LogP contribution in [-0.2, 0) is 0 Å². The topological polar surface area (TPSA) is 96.9 Å². The number of carbonyl (C=O) groups is 2. The molecule has 4 aliphatic rings. The first-order valence-corrected chi connectivity index (χ1v) is 10.8. The monoisotopic (exact) mass is 455 g/mol. The molecule has 2 heterocycles. The first-order chi connectivity index (χ1) is 13.9. The Morgan fingerprint density at radius 3 is 2.28 bits per heavy atom. The summed E-state index contributed by atoms with van der Waals surface area (Å²) in [5, 5.41) is 6.62. The molecule has 4 saturated carbocycles. The average Bonchev–Trinajstić information content (AvgIpc) is 2.67. The van der Waals surface area contributed by atoms with E-state index in [4.69, 9.17) is 0 Å². The van der Waals surface area contributed by atoms with Gasteiger partial charge in [0, 0.05) is 35.2 Å². The molecule has 0 aromatic carbocycles. The summed E-state index contributed by atoms with van der Waals surface area (Å²) in [4.78, 5) is 38.0. The van der Waals surface area contributed by atoms with Crippen molar-refractivity contribution in [1.29, 1.82) is 0 Å². The Kier molecular flexibility index (Phi) is 4.42. The molecular weight excluding hydrogens is 434 g/mol. The zero-order chi connectivity index (χ0) is 20.1. The molecule has 150 valence electrons. The van der Waals surface area contributed by atoms with E-state index < -0.39 is 0 Å². The van der Waals surface area contributed by atoms with Gasteiger partial charge in [-0.25, -0.2) is 9.97 Å². The highest BCUT2D eigenvalue weighted by molar-refractivity contribution is 9.10. The molecule has 7 nitrogen and oxygen atoms in total. The van der Waals surface area contributed by atoms with Crippen molar-refractivity contribution >= 4 is 27.7 Å². The standard InChI is InChI=1S/C21H22BrN5O2/c22-17-6-15(1-2-25-17)18(28)26-20-7-13-5-14(8-20)10-21(9-13,12-20)27-19(29)16-11-23-3-4-24-16/h1-4,6,11,13-14H,5,7-10,12H2,(H,26,28)(H,27,29). The van der Waals surface area contributed by atoms with Crippen LogP contribution >= 0.6 is 15.9 Å². The van der Waals surface area contributed by atoms with Gasteiger partial charge in [-0.1, -0.05) is 0 Å². The predicted octanol–water partition coefficient (Wildman–Crippen LogP) is 2.89. The molecule has 0 radical (unpaired) electrons. The molecule has 2 atom stereocenters. The molecule has 0 spiro atoms. The van der Waals surface area contributed by atoms with Gasteiger partial charge in [-0.2, -0.15) is 0 Å². The van der Waals surface area contributed by atoms with Crippen molar-refractivity contribution in [1.82, 2.24) is 25.6 Å². The van der Waals surface area contributed by atoms with Crippen molar-refractivity contribution in [3.8, 4) is 0 Å². The molecule has 8 heteroatoms. The van der Waals surface area contributed by atoms with Gasteiger partial charge in [-0.15, -0.1) is 0 Å². The fourth-order valence-corrected chi connectivity index (χ4v) is 6.50. The van der Waals surface area contributed by atoms with Crippen LogP contribution in [0.25, 0.3) is 0 Å². The van der Waals surface area contributed by atoms with Crippen LogP contribution in [0.1, 0.15) is 59.4 Å². The third-order valence-electron chi connectivity index (χ3n) is 6.60. The zero-order valence-electron chi connectivity index (χ0n) is 15.9. The Morgan fingerprint density at radius 2 is 1.66 bits per heavy atom. The SMILES string of the molecule is O=C(NC12CC3CC(C1)CC(NC(=O)c1cnccn1)(C3)C2)c1ccnc(Br)c1. The number of nitrogens with zero attached hydrogens (tertiary/aromatic N) is 3. The lowest BCUT2D eigenvalue weighted by atomic mass is 9.49. The molecule has 0 saturated heterocycles.